The van der Waals surface area contributed by atoms with E-state index >= 15 is 0 Å². The Balaban J connectivity index is 1.86. The lowest BCUT2D eigenvalue weighted by Crippen LogP contribution is -2.45. The van der Waals surface area contributed by atoms with Crippen molar-refractivity contribution in [2.24, 2.45) is 0 Å². The van der Waals surface area contributed by atoms with Crippen LogP contribution in [-0.2, 0) is 22.6 Å². The number of benzene rings is 1. The fourth-order valence-corrected chi connectivity index (χ4v) is 2.58. The van der Waals surface area contributed by atoms with Crippen molar-refractivity contribution in [3.05, 3.63) is 35.4 Å². The minimum absolute atomic E-state index is 0.418. The Morgan fingerprint density at radius 2 is 1.88 bits per heavy atom. The van der Waals surface area contributed by atoms with Gasteiger partial charge in [-0.3, -0.25) is 9.69 Å². The molecule has 0 spiro atoms. The van der Waals surface area contributed by atoms with E-state index in [1.54, 1.807) is 6.92 Å². The molecule has 1 aromatic rings. The summed E-state index contributed by atoms with van der Waals surface area (Å²) in [6, 6.07) is 7.15. The lowest BCUT2D eigenvalue weighted by molar-refractivity contribution is -0.139. The lowest BCUT2D eigenvalue weighted by atomic mass is 10.1. The molecule has 0 bridgehead atoms. The maximum atomic E-state index is 12.2. The molecule has 1 amide bonds. The van der Waals surface area contributed by atoms with Crippen LogP contribution in [0.25, 0.3) is 0 Å². The molecule has 1 fully saturated rings. The Hall–Kier alpha value is -1.64. The van der Waals surface area contributed by atoms with Gasteiger partial charge >= 0.3 is 6.18 Å². The van der Waals surface area contributed by atoms with Gasteiger partial charge in [0.05, 0.1) is 19.3 Å². The van der Waals surface area contributed by atoms with Gasteiger partial charge in [0.15, 0.2) is 0 Å². The van der Waals surface area contributed by atoms with E-state index in [2.05, 4.69) is 10.2 Å². The second-order valence-corrected chi connectivity index (χ2v) is 6.09. The summed E-state index contributed by atoms with van der Waals surface area (Å²) >= 11 is 0. The molecule has 2 N–H and O–H groups in total. The van der Waals surface area contributed by atoms with Crippen LogP contribution in [0, 0.1) is 0 Å². The summed E-state index contributed by atoms with van der Waals surface area (Å²) in [6.45, 7) is 4.63. The molecule has 1 saturated heterocycles. The van der Waals surface area contributed by atoms with E-state index in [1.807, 2.05) is 29.6 Å². The average Bonchev–Trinajstić information content (AvgIpc) is 2.59. The van der Waals surface area contributed by atoms with Crippen molar-refractivity contribution in [1.82, 2.24) is 15.5 Å². The van der Waals surface area contributed by atoms with Gasteiger partial charge < -0.3 is 15.4 Å². The first kappa shape index (κ1) is 19.7. The van der Waals surface area contributed by atoms with Crippen LogP contribution < -0.4 is 10.6 Å². The number of hydrogen-bond acceptors (Lipinski definition) is 4. The maximum absolute atomic E-state index is 12.2. The van der Waals surface area contributed by atoms with E-state index in [9.17, 15) is 18.0 Å². The Bertz CT molecular complexity index is 560. The molecule has 1 atom stereocenters. The highest BCUT2D eigenvalue weighted by Gasteiger charge is 2.28. The van der Waals surface area contributed by atoms with Gasteiger partial charge in [0, 0.05) is 26.2 Å². The first-order valence-electron chi connectivity index (χ1n) is 8.30. The number of hydrogen-bond donors (Lipinski definition) is 2. The molecule has 25 heavy (non-hydrogen) atoms. The van der Waals surface area contributed by atoms with Gasteiger partial charge in [-0.1, -0.05) is 24.3 Å². The summed E-state index contributed by atoms with van der Waals surface area (Å²) < 4.78 is 41.8. The minimum Gasteiger partial charge on any atom is -0.379 e. The van der Waals surface area contributed by atoms with E-state index in [0.29, 0.717) is 6.54 Å². The zero-order chi connectivity index (χ0) is 18.3. The third-order valence-corrected chi connectivity index (χ3v) is 4.07. The molecule has 0 saturated carbocycles. The highest BCUT2D eigenvalue weighted by Crippen LogP contribution is 2.14. The van der Waals surface area contributed by atoms with Gasteiger partial charge in [-0.25, -0.2) is 0 Å². The predicted octanol–water partition coefficient (Wildman–Crippen LogP) is 1.68. The van der Waals surface area contributed by atoms with Crippen LogP contribution in [0.15, 0.2) is 24.3 Å². The number of nitrogens with one attached hydrogen (secondary N) is 2. The first-order valence-corrected chi connectivity index (χ1v) is 8.30. The summed E-state index contributed by atoms with van der Waals surface area (Å²) in [5.74, 6) is -0.664. The van der Waals surface area contributed by atoms with Crippen LogP contribution in [0.2, 0.25) is 0 Å². The number of alkyl halides is 3. The molecule has 0 radical (unpaired) electrons. The van der Waals surface area contributed by atoms with E-state index in [-0.39, 0.29) is 0 Å². The molecule has 1 aliphatic heterocycles. The number of rotatable bonds is 7. The molecule has 5 nitrogen and oxygen atoms in total. The number of carbonyl (C=O) groups is 1. The molecule has 0 aromatic heterocycles. The highest BCUT2D eigenvalue weighted by atomic mass is 19.4. The van der Waals surface area contributed by atoms with Crippen LogP contribution in [0.5, 0.6) is 0 Å². The highest BCUT2D eigenvalue weighted by molar-refractivity contribution is 5.81. The third kappa shape index (κ3) is 7.01. The first-order chi connectivity index (χ1) is 11.8. The average molecular weight is 359 g/mol. The van der Waals surface area contributed by atoms with Gasteiger partial charge in [-0.05, 0) is 18.1 Å². The van der Waals surface area contributed by atoms with Crippen LogP contribution >= 0.6 is 0 Å². The van der Waals surface area contributed by atoms with Crippen LogP contribution in [-0.4, -0.2) is 55.9 Å². The second kappa shape index (κ2) is 9.17. The molecule has 1 unspecified atom stereocenters. The van der Waals surface area contributed by atoms with Crippen molar-refractivity contribution in [1.29, 1.82) is 0 Å². The lowest BCUT2D eigenvalue weighted by Gasteiger charge is -2.27. The summed E-state index contributed by atoms with van der Waals surface area (Å²) in [5.41, 5.74) is 2.17. The van der Waals surface area contributed by atoms with E-state index in [4.69, 9.17) is 4.74 Å². The fraction of sp³-hybridized carbons (Fsp3) is 0.588. The molecule has 0 aliphatic carbocycles. The number of ether oxygens (including phenoxy) is 1. The number of carbonyl (C=O) groups excluding carboxylic acids is 1. The molecular formula is C17H24F3N3O2. The van der Waals surface area contributed by atoms with Crippen molar-refractivity contribution in [3.8, 4) is 0 Å². The molecule has 140 valence electrons. The van der Waals surface area contributed by atoms with Crippen molar-refractivity contribution in [2.45, 2.75) is 32.2 Å². The molecule has 1 aliphatic rings. The fourth-order valence-electron chi connectivity index (χ4n) is 2.58. The summed E-state index contributed by atoms with van der Waals surface area (Å²) in [5, 5.41) is 4.88. The van der Waals surface area contributed by atoms with Crippen LogP contribution in [0.4, 0.5) is 13.2 Å². The van der Waals surface area contributed by atoms with Crippen molar-refractivity contribution in [2.75, 3.05) is 32.8 Å². The SMILES string of the molecule is CC(NCc1ccccc1CN1CCOCC1)C(=O)NCC(F)(F)F. The van der Waals surface area contributed by atoms with Gasteiger partial charge in [0.2, 0.25) is 5.91 Å². The number of halogens is 3. The van der Waals surface area contributed by atoms with Crippen molar-refractivity contribution >= 4 is 5.91 Å². The topological polar surface area (TPSA) is 53.6 Å². The van der Waals surface area contributed by atoms with Crippen molar-refractivity contribution < 1.29 is 22.7 Å². The molecule has 2 rings (SSSR count). The quantitative estimate of drug-likeness (QED) is 0.778. The van der Waals surface area contributed by atoms with E-state index in [0.717, 1.165) is 44.0 Å². The van der Waals surface area contributed by atoms with Crippen molar-refractivity contribution in [3.63, 3.8) is 0 Å². The van der Waals surface area contributed by atoms with Gasteiger partial charge in [-0.2, -0.15) is 13.2 Å². The van der Waals surface area contributed by atoms with Gasteiger partial charge in [0.25, 0.3) is 0 Å². The number of morpholine rings is 1. The Morgan fingerprint density at radius 3 is 2.52 bits per heavy atom. The molecule has 1 heterocycles. The Kier molecular flexibility index (Phi) is 7.22. The molecule has 8 heteroatoms. The van der Waals surface area contributed by atoms with Crippen LogP contribution in [0.3, 0.4) is 0 Å². The summed E-state index contributed by atoms with van der Waals surface area (Å²) in [7, 11) is 0. The largest absolute Gasteiger partial charge is 0.405 e. The van der Waals surface area contributed by atoms with Gasteiger partial charge in [0.1, 0.15) is 6.54 Å². The standard InChI is InChI=1S/C17H24F3N3O2/c1-13(16(24)22-12-17(18,19)20)21-10-14-4-2-3-5-15(14)11-23-6-8-25-9-7-23/h2-5,13,21H,6-12H2,1H3,(H,22,24). The summed E-state index contributed by atoms with van der Waals surface area (Å²) in [6.07, 6.45) is -4.40. The van der Waals surface area contributed by atoms with E-state index < -0.39 is 24.7 Å². The monoisotopic (exact) mass is 359 g/mol. The number of amides is 1. The third-order valence-electron chi connectivity index (χ3n) is 4.07. The molecular weight excluding hydrogens is 335 g/mol. The zero-order valence-corrected chi connectivity index (χ0v) is 14.2. The Labute approximate surface area is 145 Å². The molecule has 1 aromatic carbocycles. The predicted molar refractivity (Wildman–Crippen MR) is 87.9 cm³/mol. The van der Waals surface area contributed by atoms with Crippen LogP contribution in [0.1, 0.15) is 18.1 Å². The normalized spacial score (nSPS) is 17.3. The van der Waals surface area contributed by atoms with Gasteiger partial charge in [-0.15, -0.1) is 0 Å². The maximum Gasteiger partial charge on any atom is 0.405 e. The Morgan fingerprint density at radius 1 is 1.24 bits per heavy atom. The zero-order valence-electron chi connectivity index (χ0n) is 14.2. The number of nitrogens with zero attached hydrogens (tertiary/aromatic N) is 1. The smallest absolute Gasteiger partial charge is 0.379 e. The minimum atomic E-state index is -4.40. The summed E-state index contributed by atoms with van der Waals surface area (Å²) in [4.78, 5) is 14.0. The van der Waals surface area contributed by atoms with E-state index in [1.165, 1.54) is 0 Å². The second-order valence-electron chi connectivity index (χ2n) is 6.09.